The van der Waals surface area contributed by atoms with E-state index in [4.69, 9.17) is 4.74 Å². The van der Waals surface area contributed by atoms with Crippen molar-refractivity contribution in [2.75, 3.05) is 38.6 Å². The molecule has 3 aromatic rings. The highest BCUT2D eigenvalue weighted by molar-refractivity contribution is 5.99. The summed E-state index contributed by atoms with van der Waals surface area (Å²) in [6, 6.07) is 18.3. The summed E-state index contributed by atoms with van der Waals surface area (Å²) in [5.41, 5.74) is 2.76. The zero-order valence-corrected chi connectivity index (χ0v) is 18.6. The van der Waals surface area contributed by atoms with E-state index in [-0.39, 0.29) is 12.0 Å². The van der Waals surface area contributed by atoms with Crippen LogP contribution in [0.3, 0.4) is 0 Å². The van der Waals surface area contributed by atoms with Crippen LogP contribution in [0.25, 0.3) is 0 Å². The lowest BCUT2D eigenvalue weighted by Gasteiger charge is -2.22. The number of amides is 1. The molecule has 1 aromatic heterocycles. The Kier molecular flexibility index (Phi) is 6.97. The van der Waals surface area contributed by atoms with Gasteiger partial charge in [-0.15, -0.1) is 0 Å². The maximum Gasteiger partial charge on any atom is 0.259 e. The lowest BCUT2D eigenvalue weighted by Crippen LogP contribution is -2.33. The first kappa shape index (κ1) is 21.8. The standard InChI is InChI=1S/C25H29N5O2/c1-26-13-12-23(20-6-4-3-5-7-20)32-21-10-8-19(9-11-21)17-30-15-14-29(2)24-22(25(30)31)16-27-18-28-24/h3-11,16,18,23,26H,12-15,17H2,1-2H3/t23-/m1/s1. The molecule has 0 unspecified atom stereocenters. The monoisotopic (exact) mass is 431 g/mol. The first-order valence-corrected chi connectivity index (χ1v) is 10.9. The number of fused-ring (bicyclic) bond motifs is 1. The van der Waals surface area contributed by atoms with Crippen LogP contribution >= 0.6 is 0 Å². The van der Waals surface area contributed by atoms with Crippen LogP contribution < -0.4 is 15.0 Å². The lowest BCUT2D eigenvalue weighted by molar-refractivity contribution is 0.0754. The fourth-order valence-electron chi connectivity index (χ4n) is 3.87. The highest BCUT2D eigenvalue weighted by atomic mass is 16.5. The van der Waals surface area contributed by atoms with E-state index >= 15 is 0 Å². The molecular weight excluding hydrogens is 402 g/mol. The van der Waals surface area contributed by atoms with Gasteiger partial charge < -0.3 is 19.9 Å². The minimum absolute atomic E-state index is 0.0197. The van der Waals surface area contributed by atoms with Crippen LogP contribution in [0.15, 0.2) is 67.1 Å². The first-order chi connectivity index (χ1) is 15.7. The average Bonchev–Trinajstić information content (AvgIpc) is 2.96. The molecule has 0 aliphatic carbocycles. The third kappa shape index (κ3) is 5.06. The van der Waals surface area contributed by atoms with Crippen molar-refractivity contribution in [3.63, 3.8) is 0 Å². The van der Waals surface area contributed by atoms with E-state index in [9.17, 15) is 4.79 Å². The molecule has 1 aliphatic heterocycles. The predicted molar refractivity (Wildman–Crippen MR) is 125 cm³/mol. The second kappa shape index (κ2) is 10.2. The second-order valence-electron chi connectivity index (χ2n) is 7.96. The van der Waals surface area contributed by atoms with Gasteiger partial charge in [-0.2, -0.15) is 0 Å². The normalized spacial score (nSPS) is 14.6. The summed E-state index contributed by atoms with van der Waals surface area (Å²) < 4.78 is 6.31. The maximum absolute atomic E-state index is 13.0. The van der Waals surface area contributed by atoms with Crippen LogP contribution in [0, 0.1) is 0 Å². The molecular formula is C25H29N5O2. The number of nitrogens with zero attached hydrogens (tertiary/aromatic N) is 4. The van der Waals surface area contributed by atoms with E-state index in [2.05, 4.69) is 27.4 Å². The topological polar surface area (TPSA) is 70.6 Å². The largest absolute Gasteiger partial charge is 0.486 e. The number of rotatable bonds is 8. The van der Waals surface area contributed by atoms with Crippen molar-refractivity contribution in [2.24, 2.45) is 0 Å². The number of carbonyl (C=O) groups is 1. The van der Waals surface area contributed by atoms with Crippen LogP contribution in [0.2, 0.25) is 0 Å². The fraction of sp³-hybridized carbons (Fsp3) is 0.320. The Bertz CT molecular complexity index is 1030. The molecule has 7 nitrogen and oxygen atoms in total. The minimum Gasteiger partial charge on any atom is -0.486 e. The number of aromatic nitrogens is 2. The number of benzene rings is 2. The summed E-state index contributed by atoms with van der Waals surface area (Å²) in [6.45, 7) is 2.75. The van der Waals surface area contributed by atoms with Gasteiger partial charge in [0.1, 0.15) is 29.6 Å². The number of anilines is 1. The van der Waals surface area contributed by atoms with E-state index in [0.717, 1.165) is 36.4 Å². The summed E-state index contributed by atoms with van der Waals surface area (Å²) in [7, 11) is 3.90. The summed E-state index contributed by atoms with van der Waals surface area (Å²) in [6.07, 6.45) is 3.94. The molecule has 1 N–H and O–H groups in total. The van der Waals surface area contributed by atoms with E-state index in [1.807, 2.05) is 66.4 Å². The molecule has 0 bridgehead atoms. The third-order valence-corrected chi connectivity index (χ3v) is 5.68. The van der Waals surface area contributed by atoms with E-state index in [1.54, 1.807) is 6.20 Å². The molecule has 0 saturated carbocycles. The van der Waals surface area contributed by atoms with Gasteiger partial charge in [0.25, 0.3) is 5.91 Å². The van der Waals surface area contributed by atoms with Crippen molar-refractivity contribution in [3.8, 4) is 5.75 Å². The quantitative estimate of drug-likeness (QED) is 0.590. The summed E-state index contributed by atoms with van der Waals surface area (Å²) in [4.78, 5) is 25.2. The zero-order valence-electron chi connectivity index (χ0n) is 18.6. The number of hydrogen-bond donors (Lipinski definition) is 1. The van der Waals surface area contributed by atoms with E-state index in [1.165, 1.54) is 6.33 Å². The molecule has 0 spiro atoms. The van der Waals surface area contributed by atoms with Gasteiger partial charge in [0.15, 0.2) is 0 Å². The Hall–Kier alpha value is -3.45. The van der Waals surface area contributed by atoms with Crippen LogP contribution in [-0.4, -0.2) is 54.5 Å². The molecule has 0 saturated heterocycles. The van der Waals surface area contributed by atoms with Crippen molar-refractivity contribution in [1.82, 2.24) is 20.2 Å². The molecule has 1 amide bonds. The Morgan fingerprint density at radius 3 is 2.62 bits per heavy atom. The fourth-order valence-corrected chi connectivity index (χ4v) is 3.87. The number of ether oxygens (including phenoxy) is 1. The number of carbonyl (C=O) groups excluding carboxylic acids is 1. The Labute approximate surface area is 189 Å². The van der Waals surface area contributed by atoms with Crippen molar-refractivity contribution in [1.29, 1.82) is 0 Å². The minimum atomic E-state index is -0.0403. The van der Waals surface area contributed by atoms with Gasteiger partial charge >= 0.3 is 0 Å². The second-order valence-corrected chi connectivity index (χ2v) is 7.96. The molecule has 2 heterocycles. The molecule has 1 atom stereocenters. The van der Waals surface area contributed by atoms with Crippen LogP contribution in [0.5, 0.6) is 5.75 Å². The first-order valence-electron chi connectivity index (χ1n) is 10.9. The smallest absolute Gasteiger partial charge is 0.259 e. The van der Waals surface area contributed by atoms with Crippen molar-refractivity contribution in [3.05, 3.63) is 83.8 Å². The third-order valence-electron chi connectivity index (χ3n) is 5.68. The van der Waals surface area contributed by atoms with Gasteiger partial charge in [-0.1, -0.05) is 42.5 Å². The zero-order chi connectivity index (χ0) is 22.3. The molecule has 1 aliphatic rings. The SMILES string of the molecule is CNCC[C@@H](Oc1ccc(CN2CCN(C)c3ncncc3C2=O)cc1)c1ccccc1. The maximum atomic E-state index is 13.0. The van der Waals surface area contributed by atoms with Crippen LogP contribution in [0.1, 0.15) is 34.0 Å². The Morgan fingerprint density at radius 1 is 1.09 bits per heavy atom. The van der Waals surface area contributed by atoms with Crippen molar-refractivity contribution < 1.29 is 9.53 Å². The summed E-state index contributed by atoms with van der Waals surface area (Å²) in [5, 5.41) is 3.20. The highest BCUT2D eigenvalue weighted by Gasteiger charge is 2.26. The lowest BCUT2D eigenvalue weighted by atomic mass is 10.1. The van der Waals surface area contributed by atoms with E-state index in [0.29, 0.717) is 24.5 Å². The molecule has 166 valence electrons. The molecule has 7 heteroatoms. The van der Waals surface area contributed by atoms with Crippen molar-refractivity contribution >= 4 is 11.7 Å². The molecule has 4 rings (SSSR count). The number of nitrogens with one attached hydrogen (secondary N) is 1. The molecule has 0 fully saturated rings. The van der Waals surface area contributed by atoms with E-state index < -0.39 is 0 Å². The molecule has 2 aromatic carbocycles. The summed E-state index contributed by atoms with van der Waals surface area (Å²) in [5.74, 6) is 1.46. The van der Waals surface area contributed by atoms with Gasteiger partial charge in [-0.05, 0) is 36.9 Å². The van der Waals surface area contributed by atoms with Crippen LogP contribution in [-0.2, 0) is 6.54 Å². The average molecular weight is 432 g/mol. The van der Waals surface area contributed by atoms with Crippen LogP contribution in [0.4, 0.5) is 5.82 Å². The van der Waals surface area contributed by atoms with Gasteiger partial charge in [0.2, 0.25) is 0 Å². The Morgan fingerprint density at radius 2 is 1.88 bits per heavy atom. The summed E-state index contributed by atoms with van der Waals surface area (Å²) >= 11 is 0. The van der Waals surface area contributed by atoms with Gasteiger partial charge in [-0.25, -0.2) is 9.97 Å². The number of likely N-dealkylation sites (N-methyl/N-ethyl adjacent to an activating group) is 1. The van der Waals surface area contributed by atoms with Gasteiger partial charge in [-0.3, -0.25) is 4.79 Å². The van der Waals surface area contributed by atoms with Crippen molar-refractivity contribution in [2.45, 2.75) is 19.1 Å². The Balaban J connectivity index is 1.45. The highest BCUT2D eigenvalue weighted by Crippen LogP contribution is 2.26. The predicted octanol–water partition coefficient (Wildman–Crippen LogP) is 3.30. The van der Waals surface area contributed by atoms with Gasteiger partial charge in [0, 0.05) is 39.3 Å². The van der Waals surface area contributed by atoms with Gasteiger partial charge in [0.05, 0.1) is 0 Å². The molecule has 0 radical (unpaired) electrons. The molecule has 32 heavy (non-hydrogen) atoms. The number of hydrogen-bond acceptors (Lipinski definition) is 6.